The number of pyridine rings is 2. The van der Waals surface area contributed by atoms with Crippen LogP contribution in [0.4, 0.5) is 0 Å². The normalized spacial score (nSPS) is 22.0. The van der Waals surface area contributed by atoms with Crippen molar-refractivity contribution in [3.8, 4) is 0 Å². The molecule has 1 fully saturated rings. The fraction of sp³-hybridized carbons (Fsp3) is 0.476. The quantitative estimate of drug-likeness (QED) is 0.454. The van der Waals surface area contributed by atoms with E-state index in [1.165, 1.54) is 19.3 Å². The zero-order chi connectivity index (χ0) is 19.2. The van der Waals surface area contributed by atoms with E-state index in [1.54, 1.807) is 12.3 Å². The Hall–Kier alpha value is -1.98. The molecule has 0 aliphatic carbocycles. The van der Waals surface area contributed by atoms with Crippen molar-refractivity contribution in [1.82, 2.24) is 14.9 Å². The maximum absolute atomic E-state index is 5.98. The number of fused-ring (bicyclic) bond motifs is 1. The van der Waals surface area contributed by atoms with Crippen LogP contribution in [0.2, 0.25) is 5.15 Å². The molecule has 1 saturated heterocycles. The molecule has 1 aliphatic rings. The molecular formula is C21H29ClN5+. The second-order valence-corrected chi connectivity index (χ2v) is 7.72. The first-order chi connectivity index (χ1) is 13.1. The van der Waals surface area contributed by atoms with Crippen LogP contribution in [0.3, 0.4) is 0 Å². The van der Waals surface area contributed by atoms with Gasteiger partial charge in [-0.25, -0.2) is 9.98 Å². The molecule has 2 aromatic rings. The molecule has 2 aromatic heterocycles. The summed E-state index contributed by atoms with van der Waals surface area (Å²) in [5.74, 6) is 0. The minimum absolute atomic E-state index is 0.461. The van der Waals surface area contributed by atoms with Gasteiger partial charge in [0.15, 0.2) is 6.21 Å². The van der Waals surface area contributed by atoms with E-state index in [9.17, 15) is 0 Å². The average molecular weight is 387 g/mol. The first kappa shape index (κ1) is 19.8. The van der Waals surface area contributed by atoms with Gasteiger partial charge in [-0.2, -0.15) is 0 Å². The standard InChI is InChI=1S/C21H28ClN5/c1-15-5-3-6-16(2)27(15)10-4-9-24-13-18(12-23)17-11-20-19(25-14-17)7-8-21(22)26-20/h7-8,11-16H,3-6,9-10,23H2,1-2H3/p+1/t15-,16+. The van der Waals surface area contributed by atoms with Crippen LogP contribution in [0.1, 0.15) is 45.1 Å². The Bertz CT molecular complexity index is 822. The number of likely N-dealkylation sites (tertiary alicyclic amines) is 1. The number of halogens is 1. The van der Waals surface area contributed by atoms with Crippen LogP contribution in [0.25, 0.3) is 16.6 Å². The van der Waals surface area contributed by atoms with Crippen LogP contribution < -0.4 is 10.7 Å². The van der Waals surface area contributed by atoms with Crippen LogP contribution in [0.5, 0.6) is 0 Å². The number of nitrogens with two attached hydrogens (primary N) is 1. The summed E-state index contributed by atoms with van der Waals surface area (Å²) in [6.45, 7) is 6.73. The molecule has 3 rings (SSSR count). The highest BCUT2D eigenvalue weighted by atomic mass is 35.5. The zero-order valence-corrected chi connectivity index (χ0v) is 16.9. The van der Waals surface area contributed by atoms with E-state index < -0.39 is 0 Å². The monoisotopic (exact) mass is 386 g/mol. The summed E-state index contributed by atoms with van der Waals surface area (Å²) in [4.78, 5) is 14.8. The molecule has 0 unspecified atom stereocenters. The van der Waals surface area contributed by atoms with Crippen molar-refractivity contribution in [2.24, 2.45) is 5.73 Å². The summed E-state index contributed by atoms with van der Waals surface area (Å²) in [5.41, 5.74) is 9.23. The third-order valence-corrected chi connectivity index (χ3v) is 5.60. The van der Waals surface area contributed by atoms with E-state index in [4.69, 9.17) is 17.3 Å². The molecule has 3 N–H and O–H groups in total. The largest absolute Gasteiger partial charge is 0.404 e. The van der Waals surface area contributed by atoms with E-state index in [1.807, 2.05) is 24.5 Å². The van der Waals surface area contributed by atoms with Gasteiger partial charge in [-0.15, -0.1) is 0 Å². The predicted molar refractivity (Wildman–Crippen MR) is 113 cm³/mol. The lowest BCUT2D eigenvalue weighted by Crippen LogP contribution is -2.69. The number of hydrogen-bond acceptors (Lipinski definition) is 4. The third kappa shape index (κ3) is 5.05. The van der Waals surface area contributed by atoms with Gasteiger partial charge in [0.05, 0.1) is 16.6 Å². The van der Waals surface area contributed by atoms with Gasteiger partial charge in [-0.1, -0.05) is 18.0 Å². The molecule has 0 amide bonds. The number of piperidine rings is 1. The fourth-order valence-corrected chi connectivity index (χ4v) is 3.98. The highest BCUT2D eigenvalue weighted by Crippen LogP contribution is 2.22. The first-order valence-corrected chi connectivity index (χ1v) is 10.1. The zero-order valence-electron chi connectivity index (χ0n) is 16.2. The Kier molecular flexibility index (Phi) is 6.80. The lowest BCUT2D eigenvalue weighted by Gasteiger charge is -2.38. The molecule has 0 radical (unpaired) electrons. The SMILES string of the molecule is C[C@@H]1CCC[C@H](C)N1CCC[NH+]=CC(=CN)c1cnc2ccc(Cl)nc2c1. The lowest BCUT2D eigenvalue weighted by atomic mass is 9.97. The van der Waals surface area contributed by atoms with E-state index in [2.05, 4.69) is 33.7 Å². The van der Waals surface area contributed by atoms with E-state index >= 15 is 0 Å². The number of nitrogens with one attached hydrogen (secondary N) is 1. The second-order valence-electron chi connectivity index (χ2n) is 7.34. The average Bonchev–Trinajstić information content (AvgIpc) is 2.66. The van der Waals surface area contributed by atoms with Crippen molar-refractivity contribution in [2.45, 2.75) is 51.6 Å². The van der Waals surface area contributed by atoms with E-state index in [0.29, 0.717) is 17.2 Å². The molecule has 0 saturated carbocycles. The Morgan fingerprint density at radius 1 is 1.30 bits per heavy atom. The maximum Gasteiger partial charge on any atom is 0.171 e. The number of hydrogen-bond donors (Lipinski definition) is 2. The van der Waals surface area contributed by atoms with Crippen molar-refractivity contribution in [3.63, 3.8) is 0 Å². The van der Waals surface area contributed by atoms with Gasteiger partial charge in [-0.05, 0) is 44.9 Å². The Morgan fingerprint density at radius 2 is 2.07 bits per heavy atom. The molecule has 27 heavy (non-hydrogen) atoms. The first-order valence-electron chi connectivity index (χ1n) is 9.75. The molecule has 5 nitrogen and oxygen atoms in total. The van der Waals surface area contributed by atoms with Crippen molar-refractivity contribution < 1.29 is 4.99 Å². The van der Waals surface area contributed by atoms with Crippen LogP contribution in [-0.4, -0.2) is 46.3 Å². The van der Waals surface area contributed by atoms with Crippen molar-refractivity contribution in [3.05, 3.63) is 41.3 Å². The predicted octanol–water partition coefficient (Wildman–Crippen LogP) is 2.39. The summed E-state index contributed by atoms with van der Waals surface area (Å²) >= 11 is 5.98. The van der Waals surface area contributed by atoms with Crippen LogP contribution >= 0.6 is 11.6 Å². The van der Waals surface area contributed by atoms with Gasteiger partial charge in [0.1, 0.15) is 11.7 Å². The third-order valence-electron chi connectivity index (χ3n) is 5.39. The van der Waals surface area contributed by atoms with Crippen LogP contribution in [0.15, 0.2) is 30.6 Å². The summed E-state index contributed by atoms with van der Waals surface area (Å²) in [5, 5.41) is 0.461. The molecule has 6 heteroatoms. The molecular weight excluding hydrogens is 358 g/mol. The molecule has 1 aliphatic heterocycles. The molecule has 2 atom stereocenters. The smallest absolute Gasteiger partial charge is 0.171 e. The van der Waals surface area contributed by atoms with E-state index in [-0.39, 0.29) is 0 Å². The van der Waals surface area contributed by atoms with Gasteiger partial charge in [0.25, 0.3) is 0 Å². The maximum atomic E-state index is 5.98. The number of aromatic nitrogens is 2. The molecule has 0 bridgehead atoms. The van der Waals surface area contributed by atoms with Crippen molar-refractivity contribution >= 4 is 34.4 Å². The highest BCUT2D eigenvalue weighted by molar-refractivity contribution is 6.29. The fourth-order valence-electron chi connectivity index (χ4n) is 3.83. The lowest BCUT2D eigenvalue weighted by molar-refractivity contribution is -0.451. The van der Waals surface area contributed by atoms with Gasteiger partial charge in [0.2, 0.25) is 0 Å². The van der Waals surface area contributed by atoms with Crippen LogP contribution in [-0.2, 0) is 0 Å². The summed E-state index contributed by atoms with van der Waals surface area (Å²) < 4.78 is 0. The van der Waals surface area contributed by atoms with E-state index in [0.717, 1.165) is 41.7 Å². The summed E-state index contributed by atoms with van der Waals surface area (Å²) in [7, 11) is 0. The van der Waals surface area contributed by atoms with Gasteiger partial charge in [0, 0.05) is 43.0 Å². The Labute approximate surface area is 166 Å². The van der Waals surface area contributed by atoms with Gasteiger partial charge in [-0.3, -0.25) is 9.88 Å². The molecule has 0 spiro atoms. The van der Waals surface area contributed by atoms with Crippen molar-refractivity contribution in [2.75, 3.05) is 13.1 Å². The van der Waals surface area contributed by atoms with Gasteiger partial charge >= 0.3 is 0 Å². The second kappa shape index (κ2) is 9.29. The van der Waals surface area contributed by atoms with Crippen molar-refractivity contribution in [1.29, 1.82) is 0 Å². The molecule has 144 valence electrons. The minimum atomic E-state index is 0.461. The Balaban J connectivity index is 1.58. The Morgan fingerprint density at radius 3 is 2.81 bits per heavy atom. The number of nitrogens with zero attached hydrogens (tertiary/aromatic N) is 3. The van der Waals surface area contributed by atoms with Gasteiger partial charge < -0.3 is 5.73 Å². The summed E-state index contributed by atoms with van der Waals surface area (Å²) in [6.07, 6.45) is 10.5. The van der Waals surface area contributed by atoms with Crippen LogP contribution in [0, 0.1) is 0 Å². The molecule has 0 aromatic carbocycles. The number of allylic oxidation sites excluding steroid dienone is 1. The minimum Gasteiger partial charge on any atom is -0.404 e. The topological polar surface area (TPSA) is 69.0 Å². The highest BCUT2D eigenvalue weighted by Gasteiger charge is 2.23. The molecule has 3 heterocycles. The summed E-state index contributed by atoms with van der Waals surface area (Å²) in [6, 6.07) is 6.96. The number of rotatable bonds is 6.